The minimum Gasteiger partial charge on any atom is -0.354 e. The smallest absolute Gasteiger partial charge is 0.237 e. The third-order valence-electron chi connectivity index (χ3n) is 6.11. The number of amides is 1. The predicted octanol–water partition coefficient (Wildman–Crippen LogP) is 2.26. The van der Waals surface area contributed by atoms with Crippen LogP contribution in [0.25, 0.3) is 0 Å². The van der Waals surface area contributed by atoms with Gasteiger partial charge in [0, 0.05) is 19.6 Å². The number of rotatable bonds is 5. The van der Waals surface area contributed by atoms with Crippen LogP contribution in [0.5, 0.6) is 0 Å². The summed E-state index contributed by atoms with van der Waals surface area (Å²) in [7, 11) is 0. The zero-order valence-corrected chi connectivity index (χ0v) is 15.2. The van der Waals surface area contributed by atoms with Crippen LogP contribution in [0.3, 0.4) is 0 Å². The van der Waals surface area contributed by atoms with Gasteiger partial charge in [-0.15, -0.1) is 0 Å². The van der Waals surface area contributed by atoms with E-state index in [0.29, 0.717) is 5.92 Å². The van der Waals surface area contributed by atoms with Crippen LogP contribution in [0.15, 0.2) is 18.2 Å². The van der Waals surface area contributed by atoms with E-state index in [1.54, 1.807) is 11.1 Å². The van der Waals surface area contributed by atoms with E-state index in [1.807, 2.05) is 0 Å². The minimum absolute atomic E-state index is 0.0473. The van der Waals surface area contributed by atoms with E-state index < -0.39 is 0 Å². The fourth-order valence-corrected chi connectivity index (χ4v) is 4.72. The third kappa shape index (κ3) is 4.24. The Bertz CT molecular complexity index is 609. The van der Waals surface area contributed by atoms with Gasteiger partial charge in [-0.3, -0.25) is 9.69 Å². The molecule has 0 bridgehead atoms. The second-order valence-corrected chi connectivity index (χ2v) is 8.09. The van der Waals surface area contributed by atoms with Crippen molar-refractivity contribution < 1.29 is 4.79 Å². The van der Waals surface area contributed by atoms with Gasteiger partial charge >= 0.3 is 0 Å². The molecule has 2 atom stereocenters. The molecule has 2 saturated heterocycles. The molecular weight excluding hydrogens is 310 g/mol. The minimum atomic E-state index is 0.0473. The lowest BCUT2D eigenvalue weighted by atomic mass is 9.97. The summed E-state index contributed by atoms with van der Waals surface area (Å²) in [5.41, 5.74) is 4.59. The number of piperidine rings is 1. The van der Waals surface area contributed by atoms with Gasteiger partial charge in [0.15, 0.2) is 0 Å². The van der Waals surface area contributed by atoms with Crippen molar-refractivity contribution in [3.05, 3.63) is 34.9 Å². The molecule has 0 aromatic heterocycles. The van der Waals surface area contributed by atoms with Gasteiger partial charge in [0.05, 0.1) is 6.04 Å². The van der Waals surface area contributed by atoms with Crippen molar-refractivity contribution in [3.63, 3.8) is 0 Å². The predicted molar refractivity (Wildman–Crippen MR) is 101 cm³/mol. The zero-order valence-electron chi connectivity index (χ0n) is 15.2. The summed E-state index contributed by atoms with van der Waals surface area (Å²) in [6.45, 7) is 5.16. The number of carbonyl (C=O) groups is 1. The number of hydrogen-bond donors (Lipinski definition) is 2. The Morgan fingerprint density at radius 3 is 2.96 bits per heavy atom. The van der Waals surface area contributed by atoms with Crippen molar-refractivity contribution in [3.8, 4) is 0 Å². The average molecular weight is 341 g/mol. The van der Waals surface area contributed by atoms with Crippen LogP contribution in [0.2, 0.25) is 0 Å². The molecule has 25 heavy (non-hydrogen) atoms. The first-order valence-corrected chi connectivity index (χ1v) is 10.1. The van der Waals surface area contributed by atoms with Gasteiger partial charge in [0.1, 0.15) is 0 Å². The van der Waals surface area contributed by atoms with Gasteiger partial charge in [0.2, 0.25) is 5.91 Å². The molecule has 4 heteroatoms. The van der Waals surface area contributed by atoms with Crippen LogP contribution in [-0.2, 0) is 24.2 Å². The summed E-state index contributed by atoms with van der Waals surface area (Å²) in [6.07, 6.45) is 8.42. The molecule has 1 aromatic rings. The van der Waals surface area contributed by atoms with Gasteiger partial charge in [-0.05, 0) is 80.6 Å². The van der Waals surface area contributed by atoms with Gasteiger partial charge in [-0.25, -0.2) is 0 Å². The molecule has 1 amide bonds. The molecule has 136 valence electrons. The summed E-state index contributed by atoms with van der Waals surface area (Å²) in [6, 6.07) is 7.14. The Balaban J connectivity index is 1.26. The lowest BCUT2D eigenvalue weighted by Crippen LogP contribution is -2.45. The first-order valence-electron chi connectivity index (χ1n) is 10.1. The first-order chi connectivity index (χ1) is 12.3. The Hall–Kier alpha value is -1.39. The summed E-state index contributed by atoms with van der Waals surface area (Å²) >= 11 is 0. The maximum absolute atomic E-state index is 12.2. The van der Waals surface area contributed by atoms with Crippen LogP contribution < -0.4 is 10.6 Å². The lowest BCUT2D eigenvalue weighted by Gasteiger charge is -2.33. The largest absolute Gasteiger partial charge is 0.354 e. The Morgan fingerprint density at radius 1 is 1.16 bits per heavy atom. The molecule has 4 rings (SSSR count). The highest BCUT2D eigenvalue weighted by molar-refractivity contribution is 5.81. The van der Waals surface area contributed by atoms with Crippen LogP contribution in [0, 0.1) is 5.92 Å². The highest BCUT2D eigenvalue weighted by Gasteiger charge is 2.24. The molecule has 0 spiro atoms. The molecule has 2 heterocycles. The lowest BCUT2D eigenvalue weighted by molar-refractivity contribution is -0.123. The SMILES string of the molecule is O=C(NCC1CCCN(Cc2ccc3c(c2)CCC3)C1)C1CCCN1. The quantitative estimate of drug-likeness (QED) is 0.863. The molecule has 3 aliphatic rings. The summed E-state index contributed by atoms with van der Waals surface area (Å²) in [5.74, 6) is 0.793. The van der Waals surface area contributed by atoms with Crippen molar-refractivity contribution in [1.82, 2.24) is 15.5 Å². The molecule has 4 nitrogen and oxygen atoms in total. The van der Waals surface area contributed by atoms with Crippen molar-refractivity contribution in [2.24, 2.45) is 5.92 Å². The van der Waals surface area contributed by atoms with Gasteiger partial charge in [-0.1, -0.05) is 18.2 Å². The molecular formula is C21H31N3O. The summed E-state index contributed by atoms with van der Waals surface area (Å²) in [4.78, 5) is 14.8. The normalized spacial score (nSPS) is 26.6. The van der Waals surface area contributed by atoms with E-state index in [4.69, 9.17) is 0 Å². The highest BCUT2D eigenvalue weighted by Crippen LogP contribution is 2.24. The highest BCUT2D eigenvalue weighted by atomic mass is 16.2. The van der Waals surface area contributed by atoms with Crippen LogP contribution >= 0.6 is 0 Å². The van der Waals surface area contributed by atoms with E-state index in [9.17, 15) is 4.79 Å². The summed E-state index contributed by atoms with van der Waals surface area (Å²) in [5, 5.41) is 6.47. The van der Waals surface area contributed by atoms with Gasteiger partial charge < -0.3 is 10.6 Å². The van der Waals surface area contributed by atoms with Crippen LogP contribution in [0.4, 0.5) is 0 Å². The number of nitrogens with one attached hydrogen (secondary N) is 2. The number of aryl methyl sites for hydroxylation is 2. The Labute approximate surface area is 151 Å². The Morgan fingerprint density at radius 2 is 2.08 bits per heavy atom. The standard InChI is InChI=1S/C21H31N3O/c25-21(20-7-2-10-22-20)23-13-17-4-3-11-24(15-17)14-16-8-9-18-5-1-6-19(18)12-16/h8-9,12,17,20,22H,1-7,10-11,13-15H2,(H,23,25). The van der Waals surface area contributed by atoms with Crippen molar-refractivity contribution in [1.29, 1.82) is 0 Å². The second kappa shape index (κ2) is 7.88. The average Bonchev–Trinajstić information content (AvgIpc) is 3.31. The van der Waals surface area contributed by atoms with Crippen molar-refractivity contribution in [2.45, 2.75) is 57.5 Å². The number of benzene rings is 1. The molecule has 2 aliphatic heterocycles. The number of fused-ring (bicyclic) bond motifs is 1. The third-order valence-corrected chi connectivity index (χ3v) is 6.11. The first kappa shape index (κ1) is 17.0. The number of hydrogen-bond acceptors (Lipinski definition) is 3. The van der Waals surface area contributed by atoms with Gasteiger partial charge in [0.25, 0.3) is 0 Å². The molecule has 0 saturated carbocycles. The second-order valence-electron chi connectivity index (χ2n) is 8.09. The van der Waals surface area contributed by atoms with E-state index in [-0.39, 0.29) is 11.9 Å². The van der Waals surface area contributed by atoms with E-state index >= 15 is 0 Å². The fourth-order valence-electron chi connectivity index (χ4n) is 4.72. The molecule has 1 aromatic carbocycles. The van der Waals surface area contributed by atoms with Crippen LogP contribution in [0.1, 0.15) is 48.8 Å². The molecule has 0 radical (unpaired) electrons. The molecule has 2 fully saturated rings. The molecule has 1 aliphatic carbocycles. The summed E-state index contributed by atoms with van der Waals surface area (Å²) < 4.78 is 0. The van der Waals surface area contributed by atoms with Crippen molar-refractivity contribution >= 4 is 5.91 Å². The Kier molecular flexibility index (Phi) is 5.37. The number of carbonyl (C=O) groups excluding carboxylic acids is 1. The maximum Gasteiger partial charge on any atom is 0.237 e. The van der Waals surface area contributed by atoms with E-state index in [0.717, 1.165) is 39.0 Å². The monoisotopic (exact) mass is 341 g/mol. The fraction of sp³-hybridized carbons (Fsp3) is 0.667. The zero-order chi connectivity index (χ0) is 17.1. The van der Waals surface area contributed by atoms with E-state index in [2.05, 4.69) is 33.7 Å². The van der Waals surface area contributed by atoms with E-state index in [1.165, 1.54) is 44.2 Å². The molecule has 2 N–H and O–H groups in total. The number of nitrogens with zero attached hydrogens (tertiary/aromatic N) is 1. The molecule has 2 unspecified atom stereocenters. The van der Waals surface area contributed by atoms with Gasteiger partial charge in [-0.2, -0.15) is 0 Å². The maximum atomic E-state index is 12.2. The topological polar surface area (TPSA) is 44.4 Å². The van der Waals surface area contributed by atoms with Crippen molar-refractivity contribution in [2.75, 3.05) is 26.2 Å². The van der Waals surface area contributed by atoms with Crippen LogP contribution in [-0.4, -0.2) is 43.0 Å². The number of likely N-dealkylation sites (tertiary alicyclic amines) is 1.